The van der Waals surface area contributed by atoms with Crippen molar-refractivity contribution >= 4 is 5.95 Å². The number of hydrogen-bond donors (Lipinski definition) is 2. The van der Waals surface area contributed by atoms with E-state index in [0.717, 1.165) is 5.69 Å². The number of nitrogens with one attached hydrogen (secondary N) is 1. The Hall–Kier alpha value is -1.91. The summed E-state index contributed by atoms with van der Waals surface area (Å²) in [6.07, 6.45) is 4.93. The Balaban J connectivity index is 2.45. The molecule has 12 heavy (non-hydrogen) atoms. The maximum atomic E-state index is 5.39. The van der Waals surface area contributed by atoms with Crippen molar-refractivity contribution in [3.05, 3.63) is 24.7 Å². The molecule has 2 aromatic heterocycles. The standard InChI is InChI=1S/C7H7N5/c8-7-11-4-5(12-7)6-9-2-1-3-10-6/h1-4H,(H3,8,11,12). The third-order valence-electron chi connectivity index (χ3n) is 1.40. The second-order valence-electron chi connectivity index (χ2n) is 2.25. The van der Waals surface area contributed by atoms with Crippen molar-refractivity contribution in [3.63, 3.8) is 0 Å². The first-order valence-corrected chi connectivity index (χ1v) is 3.44. The summed E-state index contributed by atoms with van der Waals surface area (Å²) in [6, 6.07) is 1.75. The number of aromatic nitrogens is 4. The van der Waals surface area contributed by atoms with Gasteiger partial charge >= 0.3 is 0 Å². The summed E-state index contributed by atoms with van der Waals surface area (Å²) < 4.78 is 0. The van der Waals surface area contributed by atoms with Gasteiger partial charge in [-0.15, -0.1) is 0 Å². The summed E-state index contributed by atoms with van der Waals surface area (Å²) in [6.45, 7) is 0. The van der Waals surface area contributed by atoms with Gasteiger partial charge in [-0.2, -0.15) is 0 Å². The van der Waals surface area contributed by atoms with E-state index < -0.39 is 0 Å². The highest BCUT2D eigenvalue weighted by molar-refractivity contribution is 5.49. The molecule has 0 spiro atoms. The van der Waals surface area contributed by atoms with Crippen LogP contribution in [0.3, 0.4) is 0 Å². The fourth-order valence-corrected chi connectivity index (χ4v) is 0.888. The van der Waals surface area contributed by atoms with Crippen LogP contribution >= 0.6 is 0 Å². The van der Waals surface area contributed by atoms with Gasteiger partial charge in [-0.3, -0.25) is 0 Å². The largest absolute Gasteiger partial charge is 0.369 e. The fraction of sp³-hybridized carbons (Fsp3) is 0. The number of hydrogen-bond acceptors (Lipinski definition) is 4. The molecule has 0 atom stereocenters. The molecular formula is C7H7N5. The maximum absolute atomic E-state index is 5.39. The van der Waals surface area contributed by atoms with Gasteiger partial charge < -0.3 is 10.7 Å². The van der Waals surface area contributed by atoms with E-state index in [4.69, 9.17) is 5.73 Å². The highest BCUT2D eigenvalue weighted by atomic mass is 15.0. The number of nitrogens with zero attached hydrogens (tertiary/aromatic N) is 3. The van der Waals surface area contributed by atoms with Gasteiger partial charge in [0.15, 0.2) is 11.8 Å². The normalized spacial score (nSPS) is 10.0. The van der Waals surface area contributed by atoms with Crippen LogP contribution < -0.4 is 5.73 Å². The second kappa shape index (κ2) is 2.61. The van der Waals surface area contributed by atoms with Crippen LogP contribution in [0.15, 0.2) is 24.7 Å². The van der Waals surface area contributed by atoms with Crippen molar-refractivity contribution in [2.75, 3.05) is 5.73 Å². The average Bonchev–Trinajstić information content (AvgIpc) is 2.54. The van der Waals surface area contributed by atoms with Gasteiger partial charge in [-0.1, -0.05) is 0 Å². The molecule has 0 unspecified atom stereocenters. The topological polar surface area (TPSA) is 80.5 Å². The van der Waals surface area contributed by atoms with Crippen LogP contribution in [0.2, 0.25) is 0 Å². The Morgan fingerprint density at radius 1 is 1.17 bits per heavy atom. The Kier molecular flexibility index (Phi) is 1.48. The van der Waals surface area contributed by atoms with Gasteiger partial charge in [-0.25, -0.2) is 15.0 Å². The second-order valence-corrected chi connectivity index (χ2v) is 2.25. The Morgan fingerprint density at radius 3 is 2.50 bits per heavy atom. The number of anilines is 1. The lowest BCUT2D eigenvalue weighted by Gasteiger charge is -1.91. The van der Waals surface area contributed by atoms with Crippen LogP contribution in [0.1, 0.15) is 0 Å². The molecule has 60 valence electrons. The molecule has 0 fully saturated rings. The van der Waals surface area contributed by atoms with E-state index in [2.05, 4.69) is 19.9 Å². The van der Waals surface area contributed by atoms with E-state index in [1.807, 2.05) is 0 Å². The molecule has 0 aliphatic rings. The Morgan fingerprint density at radius 2 is 1.92 bits per heavy atom. The van der Waals surface area contributed by atoms with E-state index in [0.29, 0.717) is 11.8 Å². The highest BCUT2D eigenvalue weighted by Crippen LogP contribution is 2.10. The molecule has 3 N–H and O–H groups in total. The van der Waals surface area contributed by atoms with Crippen LogP contribution in [0, 0.1) is 0 Å². The molecule has 5 nitrogen and oxygen atoms in total. The van der Waals surface area contributed by atoms with E-state index >= 15 is 0 Å². The van der Waals surface area contributed by atoms with E-state index in [1.165, 1.54) is 0 Å². The first kappa shape index (κ1) is 6.78. The number of imidazole rings is 1. The molecular weight excluding hydrogens is 154 g/mol. The van der Waals surface area contributed by atoms with Gasteiger partial charge in [-0.05, 0) is 6.07 Å². The predicted octanol–water partition coefficient (Wildman–Crippen LogP) is 0.449. The predicted molar refractivity (Wildman–Crippen MR) is 44.0 cm³/mol. The third kappa shape index (κ3) is 1.12. The van der Waals surface area contributed by atoms with Crippen LogP contribution in [-0.2, 0) is 0 Å². The Bertz CT molecular complexity index is 366. The smallest absolute Gasteiger partial charge is 0.197 e. The molecule has 0 aromatic carbocycles. The molecule has 0 aliphatic carbocycles. The lowest BCUT2D eigenvalue weighted by molar-refractivity contribution is 1.15. The molecule has 0 saturated carbocycles. The Labute approximate surface area is 68.7 Å². The van der Waals surface area contributed by atoms with Crippen molar-refractivity contribution in [2.24, 2.45) is 0 Å². The summed E-state index contributed by atoms with van der Waals surface area (Å²) in [7, 11) is 0. The molecule has 5 heteroatoms. The summed E-state index contributed by atoms with van der Waals surface area (Å²) in [4.78, 5) is 14.7. The van der Waals surface area contributed by atoms with Crippen LogP contribution in [0.4, 0.5) is 5.95 Å². The van der Waals surface area contributed by atoms with Gasteiger partial charge in [0.05, 0.1) is 6.20 Å². The molecule has 2 heterocycles. The summed E-state index contributed by atoms with van der Waals surface area (Å²) >= 11 is 0. The first-order chi connectivity index (χ1) is 5.86. The minimum absolute atomic E-state index is 0.373. The molecule has 2 rings (SSSR count). The van der Waals surface area contributed by atoms with Crippen molar-refractivity contribution in [1.82, 2.24) is 19.9 Å². The van der Waals surface area contributed by atoms with Crippen LogP contribution in [0.5, 0.6) is 0 Å². The molecule has 0 amide bonds. The quantitative estimate of drug-likeness (QED) is 0.636. The number of nitrogens with two attached hydrogens (primary N) is 1. The van der Waals surface area contributed by atoms with E-state index in [-0.39, 0.29) is 0 Å². The fourth-order valence-electron chi connectivity index (χ4n) is 0.888. The molecule has 0 bridgehead atoms. The van der Waals surface area contributed by atoms with E-state index in [9.17, 15) is 0 Å². The van der Waals surface area contributed by atoms with Crippen molar-refractivity contribution in [3.8, 4) is 11.5 Å². The zero-order chi connectivity index (χ0) is 8.39. The zero-order valence-electron chi connectivity index (χ0n) is 6.23. The van der Waals surface area contributed by atoms with Gasteiger partial charge in [0, 0.05) is 12.4 Å². The minimum atomic E-state index is 0.373. The SMILES string of the molecule is Nc1ncc(-c2ncccn2)[nH]1. The summed E-state index contributed by atoms with van der Waals surface area (Å²) in [5.74, 6) is 0.971. The zero-order valence-corrected chi connectivity index (χ0v) is 6.23. The van der Waals surface area contributed by atoms with Crippen LogP contribution in [-0.4, -0.2) is 19.9 Å². The first-order valence-electron chi connectivity index (χ1n) is 3.44. The van der Waals surface area contributed by atoms with E-state index in [1.54, 1.807) is 24.7 Å². The highest BCUT2D eigenvalue weighted by Gasteiger charge is 2.01. The van der Waals surface area contributed by atoms with Gasteiger partial charge in [0.25, 0.3) is 0 Å². The average molecular weight is 161 g/mol. The molecule has 2 aromatic rings. The van der Waals surface area contributed by atoms with Crippen molar-refractivity contribution in [2.45, 2.75) is 0 Å². The van der Waals surface area contributed by atoms with Crippen molar-refractivity contribution in [1.29, 1.82) is 0 Å². The summed E-state index contributed by atoms with van der Waals surface area (Å²) in [5.41, 5.74) is 6.12. The minimum Gasteiger partial charge on any atom is -0.369 e. The van der Waals surface area contributed by atoms with Crippen molar-refractivity contribution < 1.29 is 0 Å². The number of H-pyrrole nitrogens is 1. The lowest BCUT2D eigenvalue weighted by Crippen LogP contribution is -1.88. The third-order valence-corrected chi connectivity index (χ3v) is 1.40. The summed E-state index contributed by atoms with van der Waals surface area (Å²) in [5, 5.41) is 0. The number of nitrogen functional groups attached to an aromatic ring is 1. The molecule has 0 aliphatic heterocycles. The lowest BCUT2D eigenvalue weighted by atomic mass is 10.4. The maximum Gasteiger partial charge on any atom is 0.197 e. The van der Waals surface area contributed by atoms with Gasteiger partial charge in [0.2, 0.25) is 0 Å². The van der Waals surface area contributed by atoms with Gasteiger partial charge in [0.1, 0.15) is 5.69 Å². The molecule has 0 radical (unpaired) electrons. The number of aromatic amines is 1. The van der Waals surface area contributed by atoms with Crippen LogP contribution in [0.25, 0.3) is 11.5 Å². The number of rotatable bonds is 1. The monoisotopic (exact) mass is 161 g/mol. The molecule has 0 saturated heterocycles.